The van der Waals surface area contributed by atoms with Crippen molar-refractivity contribution >= 4 is 11.6 Å². The Hall–Kier alpha value is -2.26. The summed E-state index contributed by atoms with van der Waals surface area (Å²) in [6, 6.07) is 15.2. The van der Waals surface area contributed by atoms with Gasteiger partial charge in [0.2, 0.25) is 0 Å². The molecule has 3 nitrogen and oxygen atoms in total. The lowest BCUT2D eigenvalue weighted by molar-refractivity contribution is 0.0693. The van der Waals surface area contributed by atoms with Crippen LogP contribution in [0, 0.1) is 12.8 Å². The normalized spacial score (nSPS) is 20.2. The van der Waals surface area contributed by atoms with E-state index in [-0.39, 0.29) is 17.5 Å². The van der Waals surface area contributed by atoms with Crippen LogP contribution in [0.25, 0.3) is 0 Å². The van der Waals surface area contributed by atoms with Crippen LogP contribution in [0.3, 0.4) is 0 Å². The molecule has 2 aromatic rings. The fourth-order valence-electron chi connectivity index (χ4n) is 4.42. The van der Waals surface area contributed by atoms with Gasteiger partial charge in [0.05, 0.1) is 0 Å². The second-order valence-corrected chi connectivity index (χ2v) is 6.91. The number of carbonyl (C=O) groups is 2. The third-order valence-electron chi connectivity index (χ3n) is 5.56. The third kappa shape index (κ3) is 2.01. The van der Waals surface area contributed by atoms with Crippen molar-refractivity contribution in [2.75, 3.05) is 13.1 Å². The molecule has 1 aliphatic heterocycles. The number of benzene rings is 2. The zero-order valence-electron chi connectivity index (χ0n) is 13.8. The van der Waals surface area contributed by atoms with Gasteiger partial charge in [-0.15, -0.1) is 0 Å². The largest absolute Gasteiger partial charge is 0.317 e. The first-order valence-corrected chi connectivity index (χ1v) is 8.62. The van der Waals surface area contributed by atoms with Crippen molar-refractivity contribution in [1.29, 1.82) is 0 Å². The number of hydrogen-bond donors (Lipinski definition) is 1. The Balaban J connectivity index is 1.96. The van der Waals surface area contributed by atoms with Crippen molar-refractivity contribution in [2.24, 2.45) is 5.92 Å². The molecule has 0 amide bonds. The number of ketones is 2. The molecule has 0 saturated carbocycles. The predicted octanol–water partition coefficient (Wildman–Crippen LogP) is 3.31. The van der Waals surface area contributed by atoms with Gasteiger partial charge in [-0.05, 0) is 44.3 Å². The smallest absolute Gasteiger partial charge is 0.182 e. The maximum Gasteiger partial charge on any atom is 0.182 e. The number of fused-ring (bicyclic) bond motifs is 1. The first-order valence-electron chi connectivity index (χ1n) is 8.62. The maximum atomic E-state index is 13.5. The Kier molecular flexibility index (Phi) is 3.61. The summed E-state index contributed by atoms with van der Waals surface area (Å²) in [7, 11) is 0. The lowest BCUT2D eigenvalue weighted by Gasteiger charge is -2.38. The van der Waals surface area contributed by atoms with Crippen molar-refractivity contribution in [2.45, 2.75) is 25.2 Å². The van der Waals surface area contributed by atoms with E-state index in [2.05, 4.69) is 5.32 Å². The van der Waals surface area contributed by atoms with Crippen LogP contribution in [0.4, 0.5) is 0 Å². The van der Waals surface area contributed by atoms with E-state index in [1.807, 2.05) is 43.3 Å². The summed E-state index contributed by atoms with van der Waals surface area (Å²) < 4.78 is 0. The average Bonchev–Trinajstić information content (AvgIpc) is 2.85. The van der Waals surface area contributed by atoms with Crippen LogP contribution in [0.1, 0.15) is 44.7 Å². The van der Waals surface area contributed by atoms with Crippen molar-refractivity contribution in [3.8, 4) is 0 Å². The second kappa shape index (κ2) is 5.67. The highest BCUT2D eigenvalue weighted by molar-refractivity contribution is 6.33. The zero-order valence-corrected chi connectivity index (χ0v) is 13.8. The molecule has 1 N–H and O–H groups in total. The number of rotatable bonds is 2. The molecule has 0 radical (unpaired) electrons. The molecular weight excluding hydrogens is 298 g/mol. The number of nitrogens with one attached hydrogen (secondary N) is 1. The summed E-state index contributed by atoms with van der Waals surface area (Å²) in [6.45, 7) is 3.72. The molecule has 4 rings (SSSR count). The number of aryl methyl sites for hydroxylation is 1. The quantitative estimate of drug-likeness (QED) is 0.864. The molecule has 0 bridgehead atoms. The molecular formula is C21H21NO2. The molecule has 0 aromatic heterocycles. The standard InChI is InChI=1S/C21H21NO2/c1-14-5-4-6-16(13-14)21(15-9-11-22-12-10-15)19(23)17-7-2-3-8-18(17)20(21)24/h2-8,13,15,22H,9-12H2,1H3. The first kappa shape index (κ1) is 15.3. The molecule has 2 aromatic carbocycles. The predicted molar refractivity (Wildman–Crippen MR) is 93.6 cm³/mol. The van der Waals surface area contributed by atoms with E-state index < -0.39 is 5.41 Å². The summed E-state index contributed by atoms with van der Waals surface area (Å²) >= 11 is 0. The van der Waals surface area contributed by atoms with E-state index in [0.717, 1.165) is 37.1 Å². The van der Waals surface area contributed by atoms with Gasteiger partial charge in [0.1, 0.15) is 5.41 Å². The Morgan fingerprint density at radius 1 is 0.917 bits per heavy atom. The lowest BCUT2D eigenvalue weighted by atomic mass is 9.63. The van der Waals surface area contributed by atoms with E-state index >= 15 is 0 Å². The first-order chi connectivity index (χ1) is 11.7. The van der Waals surface area contributed by atoms with Gasteiger partial charge in [-0.1, -0.05) is 54.1 Å². The summed E-state index contributed by atoms with van der Waals surface area (Å²) in [6.07, 6.45) is 1.69. The molecule has 0 unspecified atom stereocenters. The lowest BCUT2D eigenvalue weighted by Crippen LogP contribution is -2.49. The molecule has 1 saturated heterocycles. The number of carbonyl (C=O) groups excluding carboxylic acids is 2. The van der Waals surface area contributed by atoms with Crippen LogP contribution in [-0.2, 0) is 5.41 Å². The Labute approximate surface area is 142 Å². The van der Waals surface area contributed by atoms with Crippen LogP contribution in [0.15, 0.2) is 48.5 Å². The molecule has 0 spiro atoms. The van der Waals surface area contributed by atoms with Crippen molar-refractivity contribution in [1.82, 2.24) is 5.32 Å². The van der Waals surface area contributed by atoms with Gasteiger partial charge in [0.25, 0.3) is 0 Å². The molecule has 1 aliphatic carbocycles. The fraction of sp³-hybridized carbons (Fsp3) is 0.333. The van der Waals surface area contributed by atoms with E-state index in [0.29, 0.717) is 11.1 Å². The molecule has 3 heteroatoms. The number of Topliss-reactive ketones (excluding diaryl/α,β-unsaturated/α-hetero) is 2. The number of hydrogen-bond acceptors (Lipinski definition) is 3. The Bertz CT molecular complexity index is 783. The van der Waals surface area contributed by atoms with E-state index in [9.17, 15) is 9.59 Å². The molecule has 122 valence electrons. The summed E-state index contributed by atoms with van der Waals surface area (Å²) in [5.74, 6) is 0.0224. The highest BCUT2D eigenvalue weighted by atomic mass is 16.2. The minimum atomic E-state index is -1.04. The molecule has 0 atom stereocenters. The van der Waals surface area contributed by atoms with Crippen LogP contribution in [0.2, 0.25) is 0 Å². The molecule has 1 fully saturated rings. The zero-order chi connectivity index (χ0) is 16.7. The van der Waals surface area contributed by atoms with Crippen molar-refractivity contribution < 1.29 is 9.59 Å². The van der Waals surface area contributed by atoms with Crippen LogP contribution in [0.5, 0.6) is 0 Å². The summed E-state index contributed by atoms with van der Waals surface area (Å²) in [5, 5.41) is 3.35. The second-order valence-electron chi connectivity index (χ2n) is 6.91. The van der Waals surface area contributed by atoms with Gasteiger partial charge in [-0.3, -0.25) is 9.59 Å². The molecule has 2 aliphatic rings. The van der Waals surface area contributed by atoms with Gasteiger partial charge < -0.3 is 5.32 Å². The van der Waals surface area contributed by atoms with Crippen molar-refractivity contribution in [3.05, 3.63) is 70.8 Å². The maximum absolute atomic E-state index is 13.5. The van der Waals surface area contributed by atoms with Crippen molar-refractivity contribution in [3.63, 3.8) is 0 Å². The van der Waals surface area contributed by atoms with Gasteiger partial charge in [0, 0.05) is 11.1 Å². The van der Waals surface area contributed by atoms with Gasteiger partial charge >= 0.3 is 0 Å². The monoisotopic (exact) mass is 319 g/mol. The topological polar surface area (TPSA) is 46.2 Å². The van der Waals surface area contributed by atoms with E-state index in [1.165, 1.54) is 0 Å². The van der Waals surface area contributed by atoms with Gasteiger partial charge in [-0.25, -0.2) is 0 Å². The van der Waals surface area contributed by atoms with Gasteiger partial charge in [-0.2, -0.15) is 0 Å². The van der Waals surface area contributed by atoms with E-state index in [4.69, 9.17) is 0 Å². The highest BCUT2D eigenvalue weighted by Crippen LogP contribution is 2.47. The molecule has 24 heavy (non-hydrogen) atoms. The van der Waals surface area contributed by atoms with Crippen LogP contribution >= 0.6 is 0 Å². The number of piperidine rings is 1. The summed E-state index contributed by atoms with van der Waals surface area (Å²) in [5.41, 5.74) is 2.07. The highest BCUT2D eigenvalue weighted by Gasteiger charge is 2.58. The van der Waals surface area contributed by atoms with Gasteiger partial charge in [0.15, 0.2) is 11.6 Å². The minimum Gasteiger partial charge on any atom is -0.317 e. The Morgan fingerprint density at radius 2 is 1.54 bits per heavy atom. The minimum absolute atomic E-state index is 0.0133. The Morgan fingerprint density at radius 3 is 2.12 bits per heavy atom. The van der Waals surface area contributed by atoms with E-state index in [1.54, 1.807) is 12.1 Å². The fourth-order valence-corrected chi connectivity index (χ4v) is 4.42. The summed E-state index contributed by atoms with van der Waals surface area (Å²) in [4.78, 5) is 27.0. The third-order valence-corrected chi connectivity index (χ3v) is 5.56. The van der Waals surface area contributed by atoms with Crippen LogP contribution < -0.4 is 5.32 Å². The molecule has 1 heterocycles. The van der Waals surface area contributed by atoms with Crippen LogP contribution in [-0.4, -0.2) is 24.7 Å². The SMILES string of the molecule is Cc1cccc(C2(C3CCNCC3)C(=O)c3ccccc3C2=O)c1. The average molecular weight is 319 g/mol.